The van der Waals surface area contributed by atoms with E-state index in [9.17, 15) is 10.2 Å². The lowest BCUT2D eigenvalue weighted by Crippen LogP contribution is -2.23. The van der Waals surface area contributed by atoms with E-state index in [1.54, 1.807) is 24.3 Å². The zero-order valence-electron chi connectivity index (χ0n) is 21.1. The summed E-state index contributed by atoms with van der Waals surface area (Å²) in [5.41, 5.74) is 2.29. The first kappa shape index (κ1) is 26.3. The quantitative estimate of drug-likeness (QED) is 0.309. The number of aromatic hydroxyl groups is 2. The predicted molar refractivity (Wildman–Crippen MR) is 137 cm³/mol. The van der Waals surface area contributed by atoms with Crippen LogP contribution in [0.5, 0.6) is 11.5 Å². The minimum Gasteiger partial charge on any atom is -0.508 e. The molecule has 0 aliphatic carbocycles. The summed E-state index contributed by atoms with van der Waals surface area (Å²) in [5.74, 6) is 3.04. The highest BCUT2D eigenvalue weighted by Crippen LogP contribution is 2.38. The SMILES string of the molecule is CC(C)CCCC(C)CCCC(C)CCCC(C)(c1ccc(O)cc1)c1ccc(O)cc1. The van der Waals surface area contributed by atoms with Crippen LogP contribution in [0.25, 0.3) is 0 Å². The van der Waals surface area contributed by atoms with Crippen molar-refractivity contribution in [2.75, 3.05) is 0 Å². The molecule has 0 amide bonds. The van der Waals surface area contributed by atoms with Crippen molar-refractivity contribution >= 4 is 0 Å². The van der Waals surface area contributed by atoms with Crippen molar-refractivity contribution in [3.8, 4) is 11.5 Å². The van der Waals surface area contributed by atoms with E-state index in [4.69, 9.17) is 0 Å². The van der Waals surface area contributed by atoms with Gasteiger partial charge in [0.05, 0.1) is 0 Å². The summed E-state index contributed by atoms with van der Waals surface area (Å²) < 4.78 is 0. The number of hydrogen-bond donors (Lipinski definition) is 2. The summed E-state index contributed by atoms with van der Waals surface area (Å²) in [7, 11) is 0. The lowest BCUT2D eigenvalue weighted by molar-refractivity contribution is 0.376. The van der Waals surface area contributed by atoms with E-state index >= 15 is 0 Å². The van der Waals surface area contributed by atoms with E-state index in [0.717, 1.165) is 24.2 Å². The van der Waals surface area contributed by atoms with Gasteiger partial charge in [-0.05, 0) is 59.6 Å². The molecule has 0 saturated heterocycles. The van der Waals surface area contributed by atoms with E-state index in [0.29, 0.717) is 11.5 Å². The summed E-state index contributed by atoms with van der Waals surface area (Å²) in [6, 6.07) is 15.2. The highest BCUT2D eigenvalue weighted by atomic mass is 16.3. The number of phenols is 2. The molecular weight excluding hydrogens is 392 g/mol. The fraction of sp³-hybridized carbons (Fsp3) is 0.600. The smallest absolute Gasteiger partial charge is 0.115 e. The maximum Gasteiger partial charge on any atom is 0.115 e. The van der Waals surface area contributed by atoms with E-state index < -0.39 is 0 Å². The van der Waals surface area contributed by atoms with Gasteiger partial charge in [0.1, 0.15) is 11.5 Å². The van der Waals surface area contributed by atoms with Crippen molar-refractivity contribution < 1.29 is 10.2 Å². The van der Waals surface area contributed by atoms with Crippen molar-refractivity contribution in [1.82, 2.24) is 0 Å². The molecule has 0 spiro atoms. The summed E-state index contributed by atoms with van der Waals surface area (Å²) in [6.45, 7) is 11.8. The Balaban J connectivity index is 1.86. The molecule has 0 aliphatic heterocycles. The Morgan fingerprint density at radius 3 is 1.38 bits per heavy atom. The Kier molecular flexibility index (Phi) is 10.6. The van der Waals surface area contributed by atoms with Crippen molar-refractivity contribution in [3.63, 3.8) is 0 Å². The van der Waals surface area contributed by atoms with Crippen LogP contribution in [0.3, 0.4) is 0 Å². The molecule has 2 rings (SSSR count). The molecule has 0 radical (unpaired) electrons. The first-order valence-electron chi connectivity index (χ1n) is 12.8. The number of rotatable bonds is 14. The molecule has 2 N–H and O–H groups in total. The zero-order valence-corrected chi connectivity index (χ0v) is 21.1. The molecule has 2 aromatic carbocycles. The lowest BCUT2D eigenvalue weighted by Gasteiger charge is -2.32. The minimum atomic E-state index is -0.133. The molecule has 2 nitrogen and oxygen atoms in total. The van der Waals surface area contributed by atoms with Gasteiger partial charge in [-0.25, -0.2) is 0 Å². The third kappa shape index (κ3) is 8.52. The van der Waals surface area contributed by atoms with Gasteiger partial charge in [0.15, 0.2) is 0 Å². The summed E-state index contributed by atoms with van der Waals surface area (Å²) >= 11 is 0. The molecule has 2 atom stereocenters. The van der Waals surface area contributed by atoms with E-state index in [2.05, 4.69) is 34.6 Å². The topological polar surface area (TPSA) is 40.5 Å². The third-order valence-electron chi connectivity index (χ3n) is 7.25. The van der Waals surface area contributed by atoms with Crippen molar-refractivity contribution in [2.24, 2.45) is 17.8 Å². The minimum absolute atomic E-state index is 0.133. The summed E-state index contributed by atoms with van der Waals surface area (Å²) in [5, 5.41) is 19.5. The molecule has 0 heterocycles. The number of benzene rings is 2. The first-order valence-corrected chi connectivity index (χ1v) is 12.8. The average molecular weight is 439 g/mol. The fourth-order valence-electron chi connectivity index (χ4n) is 4.90. The summed E-state index contributed by atoms with van der Waals surface area (Å²) in [6.07, 6.45) is 11.6. The van der Waals surface area contributed by atoms with Crippen LogP contribution in [-0.2, 0) is 5.41 Å². The highest BCUT2D eigenvalue weighted by Gasteiger charge is 2.28. The monoisotopic (exact) mass is 438 g/mol. The molecule has 0 fully saturated rings. The maximum absolute atomic E-state index is 9.74. The van der Waals surface area contributed by atoms with Gasteiger partial charge in [-0.3, -0.25) is 0 Å². The van der Waals surface area contributed by atoms with E-state index in [-0.39, 0.29) is 5.41 Å². The third-order valence-corrected chi connectivity index (χ3v) is 7.25. The molecule has 2 heteroatoms. The standard InChI is InChI=1S/C30H46O2/c1-23(2)9-6-10-24(3)11-7-12-25(4)13-8-22-30(5,26-14-18-28(31)19-15-26)27-16-20-29(32)21-17-27/h14-21,23-25,31-32H,6-13,22H2,1-5H3. The van der Waals surface area contributed by atoms with Crippen LogP contribution in [0, 0.1) is 17.8 Å². The maximum atomic E-state index is 9.74. The Labute approximate surface area is 197 Å². The van der Waals surface area contributed by atoms with E-state index in [1.165, 1.54) is 62.5 Å². The van der Waals surface area contributed by atoms with Crippen LogP contribution < -0.4 is 0 Å². The number of phenolic OH excluding ortho intramolecular Hbond substituents is 2. The van der Waals surface area contributed by atoms with Crippen LogP contribution in [0.1, 0.15) is 104 Å². The molecule has 2 aromatic rings. The first-order chi connectivity index (χ1) is 15.2. The molecule has 32 heavy (non-hydrogen) atoms. The van der Waals surface area contributed by atoms with Crippen LogP contribution in [0.2, 0.25) is 0 Å². The molecule has 0 saturated carbocycles. The second-order valence-electron chi connectivity index (χ2n) is 10.8. The Morgan fingerprint density at radius 2 is 0.969 bits per heavy atom. The van der Waals surface area contributed by atoms with Gasteiger partial charge in [0, 0.05) is 5.41 Å². The van der Waals surface area contributed by atoms with Gasteiger partial charge in [0.25, 0.3) is 0 Å². The zero-order chi connectivity index (χ0) is 23.6. The largest absolute Gasteiger partial charge is 0.508 e. The Bertz CT molecular complexity index is 715. The van der Waals surface area contributed by atoms with Crippen LogP contribution >= 0.6 is 0 Å². The fourth-order valence-corrected chi connectivity index (χ4v) is 4.90. The molecule has 178 valence electrons. The van der Waals surface area contributed by atoms with Crippen molar-refractivity contribution in [3.05, 3.63) is 59.7 Å². The van der Waals surface area contributed by atoms with Crippen molar-refractivity contribution in [2.45, 2.75) is 97.8 Å². The Morgan fingerprint density at radius 1 is 0.594 bits per heavy atom. The molecule has 0 bridgehead atoms. The second kappa shape index (κ2) is 12.9. The van der Waals surface area contributed by atoms with Crippen LogP contribution in [0.15, 0.2) is 48.5 Å². The van der Waals surface area contributed by atoms with Gasteiger partial charge < -0.3 is 10.2 Å². The van der Waals surface area contributed by atoms with Crippen LogP contribution in [0.4, 0.5) is 0 Å². The summed E-state index contributed by atoms with van der Waals surface area (Å²) in [4.78, 5) is 0. The van der Waals surface area contributed by atoms with Gasteiger partial charge in [-0.2, -0.15) is 0 Å². The molecular formula is C30H46O2. The second-order valence-corrected chi connectivity index (χ2v) is 10.8. The predicted octanol–water partition coefficient (Wildman–Crippen LogP) is 8.84. The van der Waals surface area contributed by atoms with E-state index in [1.807, 2.05) is 24.3 Å². The van der Waals surface area contributed by atoms with Gasteiger partial charge in [-0.15, -0.1) is 0 Å². The van der Waals surface area contributed by atoms with Gasteiger partial charge in [0.2, 0.25) is 0 Å². The normalized spacial score (nSPS) is 13.9. The van der Waals surface area contributed by atoms with Gasteiger partial charge >= 0.3 is 0 Å². The van der Waals surface area contributed by atoms with Crippen LogP contribution in [-0.4, -0.2) is 10.2 Å². The molecule has 0 aromatic heterocycles. The molecule has 0 aliphatic rings. The molecule has 2 unspecified atom stereocenters. The number of hydrogen-bond acceptors (Lipinski definition) is 2. The van der Waals surface area contributed by atoms with Gasteiger partial charge in [-0.1, -0.05) is 110 Å². The average Bonchev–Trinajstić information content (AvgIpc) is 2.74. The highest BCUT2D eigenvalue weighted by molar-refractivity contribution is 5.42. The van der Waals surface area contributed by atoms with Crippen molar-refractivity contribution in [1.29, 1.82) is 0 Å². The lowest BCUT2D eigenvalue weighted by atomic mass is 9.72. The Hall–Kier alpha value is -1.96.